The van der Waals surface area contributed by atoms with Crippen LogP contribution in [-0.2, 0) is 61.5 Å². The molecule has 3 amide bonds. The molecule has 1 aliphatic carbocycles. The summed E-state index contributed by atoms with van der Waals surface area (Å²) >= 11 is 0. The number of aliphatic carboxylic acids is 2. The molecule has 1 unspecified atom stereocenters. The van der Waals surface area contributed by atoms with E-state index in [4.69, 9.17) is 0 Å². The maximum atomic E-state index is 14.6. The quantitative estimate of drug-likeness (QED) is 0.0159. The van der Waals surface area contributed by atoms with Crippen LogP contribution in [0, 0.1) is 5.92 Å². The van der Waals surface area contributed by atoms with Gasteiger partial charge in [0.2, 0.25) is 11.6 Å². The largest absolute Gasteiger partial charge is 0.481 e. The van der Waals surface area contributed by atoms with Gasteiger partial charge in [-0.2, -0.15) is 21.4 Å². The van der Waals surface area contributed by atoms with Crippen molar-refractivity contribution in [3.8, 4) is 0 Å². The third kappa shape index (κ3) is 22.3. The number of ketones is 2. The molecule has 496 valence electrons. The number of nitrogens with zero attached hydrogens (tertiary/aromatic N) is 2. The molecule has 91 heavy (non-hydrogen) atoms. The van der Waals surface area contributed by atoms with Crippen LogP contribution < -0.4 is 20.9 Å². The molecule has 3 aliphatic rings. The third-order valence-electron chi connectivity index (χ3n) is 17.7. The summed E-state index contributed by atoms with van der Waals surface area (Å²) in [6.07, 6.45) is 18.0. The van der Waals surface area contributed by atoms with Crippen LogP contribution in [0.5, 0.6) is 0 Å². The monoisotopic (exact) mass is 1290 g/mol. The van der Waals surface area contributed by atoms with Crippen LogP contribution in [0.1, 0.15) is 186 Å². The van der Waals surface area contributed by atoms with Gasteiger partial charge in [0.05, 0.1) is 28.9 Å². The number of amides is 3. The molecule has 0 saturated heterocycles. The van der Waals surface area contributed by atoms with E-state index in [9.17, 15) is 64.9 Å². The molecule has 21 heteroatoms. The highest BCUT2D eigenvalue weighted by Gasteiger charge is 2.44. The normalized spacial score (nSPS) is 17.2. The Kier molecular flexibility index (Phi) is 27.7. The molecular weight excluding hydrogens is 1200 g/mol. The molecule has 6 rings (SSSR count). The summed E-state index contributed by atoms with van der Waals surface area (Å²) in [6, 6.07) is 22.8. The van der Waals surface area contributed by atoms with Crippen molar-refractivity contribution in [3.05, 3.63) is 142 Å². The van der Waals surface area contributed by atoms with Crippen LogP contribution in [0.4, 0.5) is 16.2 Å². The van der Waals surface area contributed by atoms with Crippen molar-refractivity contribution in [1.82, 2.24) is 16.0 Å². The second-order valence-corrected chi connectivity index (χ2v) is 28.6. The average Bonchev–Trinajstić information content (AvgIpc) is 1.61. The lowest BCUT2D eigenvalue weighted by atomic mass is 9.79. The molecule has 2 aliphatic heterocycles. The Bertz CT molecular complexity index is 3440. The van der Waals surface area contributed by atoms with Gasteiger partial charge in [0.25, 0.3) is 20.2 Å². The molecule has 0 spiro atoms. The molecule has 19 nitrogen and oxygen atoms in total. The van der Waals surface area contributed by atoms with Crippen molar-refractivity contribution in [2.75, 3.05) is 36.0 Å². The van der Waals surface area contributed by atoms with E-state index in [1.54, 1.807) is 0 Å². The minimum Gasteiger partial charge on any atom is -0.481 e. The van der Waals surface area contributed by atoms with Crippen LogP contribution in [0.15, 0.2) is 126 Å². The lowest BCUT2D eigenvalue weighted by Crippen LogP contribution is -2.46. The van der Waals surface area contributed by atoms with Crippen molar-refractivity contribution in [2.24, 2.45) is 5.92 Å². The van der Waals surface area contributed by atoms with Crippen molar-refractivity contribution in [2.45, 2.75) is 199 Å². The molecule has 2 heterocycles. The fourth-order valence-electron chi connectivity index (χ4n) is 12.7. The smallest absolute Gasteiger partial charge is 0.326 e. The first-order chi connectivity index (χ1) is 43.2. The number of carbonyl (C=O) groups excluding carboxylic acids is 4. The molecular formula is C70H96N5O14S2+. The predicted octanol–water partition coefficient (Wildman–Crippen LogP) is 11.8. The number of anilines is 1. The molecule has 0 saturated carbocycles. The van der Waals surface area contributed by atoms with Crippen molar-refractivity contribution < 1.29 is 69.5 Å². The van der Waals surface area contributed by atoms with Gasteiger partial charge < -0.3 is 31.1 Å². The lowest BCUT2D eigenvalue weighted by molar-refractivity contribution is -0.438. The number of fused-ring (bicyclic) bond motifs is 2. The first kappa shape index (κ1) is 73.0. The maximum absolute atomic E-state index is 14.6. The molecule has 3 aromatic carbocycles. The highest BCUT2D eigenvalue weighted by molar-refractivity contribution is 7.86. The fraction of sp³-hybridized carbons (Fsp3) is 0.529. The van der Waals surface area contributed by atoms with E-state index in [2.05, 4.69) is 102 Å². The minimum atomic E-state index is -4.14. The molecule has 3 atom stereocenters. The number of carboxylic acid groups (broad SMARTS) is 2. The van der Waals surface area contributed by atoms with Crippen LogP contribution in [0.3, 0.4) is 0 Å². The molecule has 0 fully saturated rings. The molecule has 0 radical (unpaired) electrons. The Morgan fingerprint density at radius 2 is 1.30 bits per heavy atom. The van der Waals surface area contributed by atoms with E-state index in [0.29, 0.717) is 77.4 Å². The van der Waals surface area contributed by atoms with Gasteiger partial charge in [0, 0.05) is 79.7 Å². The number of hydrogen-bond acceptors (Lipinski definition) is 11. The van der Waals surface area contributed by atoms with Gasteiger partial charge in [-0.15, -0.1) is 0 Å². The fourth-order valence-corrected chi connectivity index (χ4v) is 13.9. The summed E-state index contributed by atoms with van der Waals surface area (Å²) in [6.45, 7) is 11.9. The topological polar surface area (TPSA) is 294 Å². The minimum absolute atomic E-state index is 0.00262. The number of benzene rings is 3. The zero-order valence-corrected chi connectivity index (χ0v) is 55.4. The molecule has 0 bridgehead atoms. The summed E-state index contributed by atoms with van der Waals surface area (Å²) in [5.41, 5.74) is 9.11. The number of nitrogens with one attached hydrogen (secondary N) is 3. The van der Waals surface area contributed by atoms with E-state index < -0.39 is 67.0 Å². The van der Waals surface area contributed by atoms with Crippen LogP contribution in [0.2, 0.25) is 0 Å². The highest BCUT2D eigenvalue weighted by atomic mass is 32.2. The van der Waals surface area contributed by atoms with Crippen LogP contribution in [0.25, 0.3) is 0 Å². The maximum Gasteiger partial charge on any atom is 0.326 e. The summed E-state index contributed by atoms with van der Waals surface area (Å²) in [5.74, 6) is -4.90. The molecule has 3 aromatic rings. The number of allylic oxidation sites excluding steroid dienone is 8. The SMILES string of the molecule is CCCNC(=O)N[C@@H](CCC(=O)CCCCCCCCC(=O)N[C@@H](Cc1ccccc1)C(=O)CC(CCC1=C(C=CC2=[N+](CCCCS(=O)(=O)O)c3ccccc3C2(C)C)CCCC1=CC=C1N(CCCCS(=O)(=O)O)c2ccccc2C1(C)C)C(=O)O)C(=O)O. The van der Waals surface area contributed by atoms with Crippen LogP contribution in [-0.4, -0.2) is 125 Å². The zero-order chi connectivity index (χ0) is 66.4. The number of para-hydroxylation sites is 2. The Morgan fingerprint density at radius 3 is 1.97 bits per heavy atom. The van der Waals surface area contributed by atoms with E-state index in [-0.39, 0.29) is 80.3 Å². The summed E-state index contributed by atoms with van der Waals surface area (Å²) in [4.78, 5) is 80.0. The van der Waals surface area contributed by atoms with Gasteiger partial charge in [-0.25, -0.2) is 9.59 Å². The summed E-state index contributed by atoms with van der Waals surface area (Å²) in [7, 11) is -8.28. The number of hydrogen-bond donors (Lipinski definition) is 7. The number of carboxylic acids is 2. The predicted molar refractivity (Wildman–Crippen MR) is 355 cm³/mol. The number of urea groups is 1. The zero-order valence-electron chi connectivity index (χ0n) is 53.7. The van der Waals surface area contributed by atoms with E-state index in [0.717, 1.165) is 88.3 Å². The first-order valence-electron chi connectivity index (χ1n) is 32.4. The van der Waals surface area contributed by atoms with Gasteiger partial charge in [-0.3, -0.25) is 28.3 Å². The van der Waals surface area contributed by atoms with Crippen molar-refractivity contribution >= 4 is 72.8 Å². The van der Waals surface area contributed by atoms with Crippen molar-refractivity contribution in [3.63, 3.8) is 0 Å². The van der Waals surface area contributed by atoms with Crippen LogP contribution >= 0.6 is 0 Å². The number of carbonyl (C=O) groups is 6. The van der Waals surface area contributed by atoms with E-state index in [1.165, 1.54) is 0 Å². The number of rotatable bonds is 39. The second kappa shape index (κ2) is 34.6. The van der Waals surface area contributed by atoms with E-state index in [1.807, 2.05) is 61.5 Å². The van der Waals surface area contributed by atoms with Gasteiger partial charge in [0.1, 0.15) is 18.4 Å². The molecule has 7 N–H and O–H groups in total. The Hall–Kier alpha value is -7.07. The lowest BCUT2D eigenvalue weighted by Gasteiger charge is -2.28. The molecule has 0 aromatic heterocycles. The summed E-state index contributed by atoms with van der Waals surface area (Å²) in [5, 5.41) is 28.4. The van der Waals surface area contributed by atoms with Gasteiger partial charge in [-0.1, -0.05) is 125 Å². The second-order valence-electron chi connectivity index (χ2n) is 25.4. The standard InChI is InChI=1S/C70H95N5O14S2/c1-6-43-71-68(83)73-58(67(81)82)40-38-54(76)29-14-9-7-8-10-15-34-65(78)72-59(48-50-25-12-11-13-26-50)62(77)49-53(66(79)80)35-39-55-51(36-41-63-69(2,3)56-30-16-18-32-60(56)74(63)44-20-22-46-90(84,85)86)27-24-28-52(55)37-42-64-70(4,5)57-31-17-19-33-61(57)75(64)45-21-23-47-91(87,88)89/h11-13,16-19,25-26,30-33,36-37,41-42,53,58-59H,6-10,14-15,20-24,27-29,34-35,38-40,43-49H2,1-5H3,(H6-,71,72,73,78,79,80,81,82,83,84,85,86,87,88,89)/p+1/t53?,58-,59-/m0/s1. The van der Waals surface area contributed by atoms with E-state index >= 15 is 0 Å². The Morgan fingerprint density at radius 1 is 0.659 bits per heavy atom. The van der Waals surface area contributed by atoms with Crippen molar-refractivity contribution in [1.29, 1.82) is 0 Å². The van der Waals surface area contributed by atoms with Gasteiger partial charge in [0.15, 0.2) is 11.5 Å². The third-order valence-corrected chi connectivity index (χ3v) is 19.3. The number of unbranched alkanes of at least 4 members (excludes halogenated alkanes) is 7. The Labute approximate surface area is 538 Å². The van der Waals surface area contributed by atoms with Gasteiger partial charge in [-0.05, 0) is 137 Å². The van der Waals surface area contributed by atoms with Gasteiger partial charge >= 0.3 is 18.0 Å². The average molecular weight is 1300 g/mol. The first-order valence-corrected chi connectivity index (χ1v) is 35.6. The summed E-state index contributed by atoms with van der Waals surface area (Å²) < 4.78 is 68.0. The Balaban J connectivity index is 1.20. The number of Topliss-reactive ketones (excluding diaryl/α,β-unsaturated/α-hetero) is 2. The highest BCUT2D eigenvalue weighted by Crippen LogP contribution is 2.48.